The summed E-state index contributed by atoms with van der Waals surface area (Å²) < 4.78 is 0. The van der Waals surface area contributed by atoms with Gasteiger partial charge in [-0.3, -0.25) is 0 Å². The standard InChI is InChI=1S/C30H20ClNS/c31-24-19-26(23-11-5-2-6-12-23)30-28(20-24)32(27-13-7-8-14-29(27)33-30)25-17-15-22(16-18-25)21-9-3-1-4-10-21/h1-20H. The van der Waals surface area contributed by atoms with Crippen LogP contribution in [-0.2, 0) is 0 Å². The van der Waals surface area contributed by atoms with Gasteiger partial charge in [-0.15, -0.1) is 0 Å². The molecule has 0 radical (unpaired) electrons. The molecule has 1 heterocycles. The van der Waals surface area contributed by atoms with Gasteiger partial charge < -0.3 is 4.90 Å². The zero-order valence-electron chi connectivity index (χ0n) is 17.8. The predicted molar refractivity (Wildman–Crippen MR) is 141 cm³/mol. The van der Waals surface area contributed by atoms with Crippen LogP contribution in [0.25, 0.3) is 22.3 Å². The molecule has 0 aliphatic carbocycles. The minimum atomic E-state index is 0.735. The lowest BCUT2D eigenvalue weighted by atomic mass is 10.0. The van der Waals surface area contributed by atoms with Gasteiger partial charge in [0.2, 0.25) is 0 Å². The Balaban J connectivity index is 1.53. The lowest BCUT2D eigenvalue weighted by Gasteiger charge is -2.34. The van der Waals surface area contributed by atoms with Crippen LogP contribution in [0.5, 0.6) is 0 Å². The molecular weight excluding hydrogens is 442 g/mol. The van der Waals surface area contributed by atoms with Gasteiger partial charge in [0.25, 0.3) is 0 Å². The van der Waals surface area contributed by atoms with E-state index in [9.17, 15) is 0 Å². The average Bonchev–Trinajstić information content (AvgIpc) is 2.88. The number of hydrogen-bond acceptors (Lipinski definition) is 2. The minimum absolute atomic E-state index is 0.735. The fourth-order valence-corrected chi connectivity index (χ4v) is 5.75. The Morgan fingerprint density at radius 3 is 1.88 bits per heavy atom. The minimum Gasteiger partial charge on any atom is -0.308 e. The van der Waals surface area contributed by atoms with E-state index in [1.54, 1.807) is 0 Å². The Kier molecular flexibility index (Phi) is 5.18. The highest BCUT2D eigenvalue weighted by atomic mass is 35.5. The normalized spacial score (nSPS) is 12.2. The molecule has 0 saturated carbocycles. The zero-order valence-corrected chi connectivity index (χ0v) is 19.4. The fourth-order valence-electron chi connectivity index (χ4n) is 4.36. The maximum Gasteiger partial charge on any atom is 0.0622 e. The zero-order chi connectivity index (χ0) is 22.2. The molecule has 0 spiro atoms. The quantitative estimate of drug-likeness (QED) is 0.258. The van der Waals surface area contributed by atoms with E-state index in [2.05, 4.69) is 114 Å². The molecule has 5 aromatic carbocycles. The Morgan fingerprint density at radius 1 is 0.545 bits per heavy atom. The summed E-state index contributed by atoms with van der Waals surface area (Å²) in [6, 6.07) is 42.5. The third-order valence-corrected chi connectivity index (χ3v) is 7.33. The lowest BCUT2D eigenvalue weighted by molar-refractivity contribution is 1.17. The van der Waals surface area contributed by atoms with Crippen LogP contribution in [-0.4, -0.2) is 0 Å². The summed E-state index contributed by atoms with van der Waals surface area (Å²) in [4.78, 5) is 4.78. The molecule has 0 fully saturated rings. The maximum absolute atomic E-state index is 6.68. The number of benzene rings is 5. The third-order valence-electron chi connectivity index (χ3n) is 5.91. The molecule has 0 bridgehead atoms. The van der Waals surface area contributed by atoms with Crippen LogP contribution in [0.3, 0.4) is 0 Å². The largest absolute Gasteiger partial charge is 0.308 e. The van der Waals surface area contributed by atoms with Gasteiger partial charge in [-0.25, -0.2) is 0 Å². The van der Waals surface area contributed by atoms with Crippen molar-refractivity contribution in [2.75, 3.05) is 4.90 Å². The van der Waals surface area contributed by atoms with Gasteiger partial charge in [-0.05, 0) is 58.7 Å². The molecule has 1 aliphatic heterocycles. The second-order valence-electron chi connectivity index (χ2n) is 7.99. The predicted octanol–water partition coefficient (Wildman–Crippen LogP) is 9.61. The number of fused-ring (bicyclic) bond motifs is 2. The van der Waals surface area contributed by atoms with E-state index in [-0.39, 0.29) is 0 Å². The summed E-state index contributed by atoms with van der Waals surface area (Å²) in [5.74, 6) is 0. The highest BCUT2D eigenvalue weighted by Gasteiger charge is 2.27. The molecule has 0 aromatic heterocycles. The maximum atomic E-state index is 6.68. The summed E-state index contributed by atoms with van der Waals surface area (Å²) in [6.45, 7) is 0. The molecular formula is C30H20ClNS. The van der Waals surface area contributed by atoms with Gasteiger partial charge >= 0.3 is 0 Å². The molecule has 3 heteroatoms. The van der Waals surface area contributed by atoms with Gasteiger partial charge in [0, 0.05) is 20.5 Å². The average molecular weight is 462 g/mol. The number of para-hydroxylation sites is 1. The number of anilines is 3. The first-order valence-corrected chi connectivity index (χ1v) is 12.1. The van der Waals surface area contributed by atoms with Crippen molar-refractivity contribution in [1.82, 2.24) is 0 Å². The molecule has 1 aliphatic rings. The molecule has 0 unspecified atom stereocenters. The molecule has 0 amide bonds. The van der Waals surface area contributed by atoms with Crippen LogP contribution in [0.15, 0.2) is 131 Å². The summed E-state index contributed by atoms with van der Waals surface area (Å²) in [5, 5.41) is 0.735. The van der Waals surface area contributed by atoms with E-state index in [1.807, 2.05) is 23.9 Å². The highest BCUT2D eigenvalue weighted by molar-refractivity contribution is 8.00. The van der Waals surface area contributed by atoms with Gasteiger partial charge in [0.15, 0.2) is 0 Å². The highest BCUT2D eigenvalue weighted by Crippen LogP contribution is 2.55. The van der Waals surface area contributed by atoms with Crippen LogP contribution in [0, 0.1) is 0 Å². The summed E-state index contributed by atoms with van der Waals surface area (Å²) in [7, 11) is 0. The van der Waals surface area contributed by atoms with Crippen LogP contribution in [0.1, 0.15) is 0 Å². The SMILES string of the molecule is Clc1cc(-c2ccccc2)c2c(c1)N(c1ccc(-c3ccccc3)cc1)c1ccccc1S2. The number of rotatable bonds is 3. The Hall–Kier alpha value is -3.46. The van der Waals surface area contributed by atoms with Crippen LogP contribution >= 0.6 is 23.4 Å². The Labute approximate surface area is 203 Å². The molecule has 158 valence electrons. The Bertz CT molecular complexity index is 1430. The fraction of sp³-hybridized carbons (Fsp3) is 0. The molecule has 33 heavy (non-hydrogen) atoms. The molecule has 0 saturated heterocycles. The van der Waals surface area contributed by atoms with E-state index in [0.29, 0.717) is 0 Å². The number of nitrogens with zero attached hydrogens (tertiary/aromatic N) is 1. The van der Waals surface area contributed by atoms with Crippen molar-refractivity contribution < 1.29 is 0 Å². The third kappa shape index (κ3) is 3.72. The smallest absolute Gasteiger partial charge is 0.0622 e. The second-order valence-corrected chi connectivity index (χ2v) is 9.47. The topological polar surface area (TPSA) is 3.24 Å². The van der Waals surface area contributed by atoms with Crippen molar-refractivity contribution in [3.05, 3.63) is 126 Å². The van der Waals surface area contributed by atoms with E-state index in [4.69, 9.17) is 11.6 Å². The summed E-state index contributed by atoms with van der Waals surface area (Å²) >= 11 is 8.49. The van der Waals surface area contributed by atoms with Crippen LogP contribution < -0.4 is 4.90 Å². The van der Waals surface area contributed by atoms with Crippen molar-refractivity contribution in [3.8, 4) is 22.3 Å². The molecule has 1 nitrogen and oxygen atoms in total. The van der Waals surface area contributed by atoms with Crippen LogP contribution in [0.4, 0.5) is 17.1 Å². The Morgan fingerprint density at radius 2 is 1.15 bits per heavy atom. The summed E-state index contributed by atoms with van der Waals surface area (Å²) in [5.41, 5.74) is 8.14. The number of hydrogen-bond donors (Lipinski definition) is 0. The van der Waals surface area contributed by atoms with Gasteiger partial charge in [0.05, 0.1) is 11.4 Å². The molecule has 6 rings (SSSR count). The molecule has 5 aromatic rings. The van der Waals surface area contributed by atoms with E-state index >= 15 is 0 Å². The van der Waals surface area contributed by atoms with E-state index in [0.717, 1.165) is 22.0 Å². The number of halogens is 1. The van der Waals surface area contributed by atoms with Crippen molar-refractivity contribution in [2.45, 2.75) is 9.79 Å². The van der Waals surface area contributed by atoms with E-state index in [1.165, 1.54) is 32.2 Å². The molecule has 0 N–H and O–H groups in total. The van der Waals surface area contributed by atoms with Crippen molar-refractivity contribution in [3.63, 3.8) is 0 Å². The monoisotopic (exact) mass is 461 g/mol. The van der Waals surface area contributed by atoms with Gasteiger partial charge in [-0.1, -0.05) is 108 Å². The lowest BCUT2D eigenvalue weighted by Crippen LogP contribution is -2.15. The van der Waals surface area contributed by atoms with Crippen molar-refractivity contribution in [1.29, 1.82) is 0 Å². The second kappa shape index (κ2) is 8.47. The summed E-state index contributed by atoms with van der Waals surface area (Å²) in [6.07, 6.45) is 0. The van der Waals surface area contributed by atoms with Crippen molar-refractivity contribution in [2.24, 2.45) is 0 Å². The van der Waals surface area contributed by atoms with Gasteiger partial charge in [-0.2, -0.15) is 0 Å². The van der Waals surface area contributed by atoms with Gasteiger partial charge in [0.1, 0.15) is 0 Å². The molecule has 0 atom stereocenters. The van der Waals surface area contributed by atoms with Crippen molar-refractivity contribution >= 4 is 40.4 Å². The van der Waals surface area contributed by atoms with Crippen LogP contribution in [0.2, 0.25) is 5.02 Å². The first-order chi connectivity index (χ1) is 16.3. The van der Waals surface area contributed by atoms with E-state index < -0.39 is 0 Å². The first-order valence-electron chi connectivity index (χ1n) is 10.9. The first kappa shape index (κ1) is 20.2.